The van der Waals surface area contributed by atoms with Crippen LogP contribution >= 0.6 is 0 Å². The third-order valence-corrected chi connectivity index (χ3v) is 5.36. The van der Waals surface area contributed by atoms with E-state index in [1.165, 1.54) is 10.1 Å². The summed E-state index contributed by atoms with van der Waals surface area (Å²) in [4.78, 5) is 30.0. The van der Waals surface area contributed by atoms with Crippen molar-refractivity contribution >= 4 is 11.9 Å². The summed E-state index contributed by atoms with van der Waals surface area (Å²) in [5.41, 5.74) is 6.80. The number of anilines is 1. The standard InChI is InChI=1S/C21H27N5O3/c1-21(2,3)24-20(28)29-18-15-11-25(12-16(15)18)10-13-4-6-14(7-5-13)26-9-8-17(22)23-19(26)27/h4-9,15-16,18H,10-12H2,1-3H3,(H,24,28)(H2,22,23,27). The van der Waals surface area contributed by atoms with Crippen LogP contribution in [0.4, 0.5) is 10.6 Å². The third kappa shape index (κ3) is 4.42. The number of carbonyl (C=O) groups excluding carboxylic acids is 1. The molecule has 2 heterocycles. The zero-order valence-electron chi connectivity index (χ0n) is 17.0. The zero-order chi connectivity index (χ0) is 20.8. The molecule has 0 radical (unpaired) electrons. The molecule has 1 aliphatic carbocycles. The highest BCUT2D eigenvalue weighted by Gasteiger charge is 2.58. The van der Waals surface area contributed by atoms with E-state index in [0.717, 1.165) is 25.3 Å². The van der Waals surface area contributed by atoms with Crippen molar-refractivity contribution in [2.24, 2.45) is 11.8 Å². The number of alkyl carbamates (subject to hydrolysis) is 1. The lowest BCUT2D eigenvalue weighted by atomic mass is 10.1. The van der Waals surface area contributed by atoms with Crippen molar-refractivity contribution in [1.82, 2.24) is 19.8 Å². The minimum atomic E-state index is -0.390. The van der Waals surface area contributed by atoms with Crippen molar-refractivity contribution in [3.05, 3.63) is 52.6 Å². The molecule has 0 bridgehead atoms. The Hall–Kier alpha value is -2.87. The summed E-state index contributed by atoms with van der Waals surface area (Å²) in [6.45, 7) is 8.52. The molecule has 29 heavy (non-hydrogen) atoms. The third-order valence-electron chi connectivity index (χ3n) is 5.36. The lowest BCUT2D eigenvalue weighted by Crippen LogP contribution is -2.41. The molecule has 4 rings (SSSR count). The van der Waals surface area contributed by atoms with Crippen LogP contribution in [0.2, 0.25) is 0 Å². The Morgan fingerprint density at radius 1 is 1.21 bits per heavy atom. The number of nitrogens with one attached hydrogen (secondary N) is 1. The van der Waals surface area contributed by atoms with Crippen LogP contribution in [-0.4, -0.2) is 45.3 Å². The van der Waals surface area contributed by atoms with Gasteiger partial charge in [-0.3, -0.25) is 9.47 Å². The number of rotatable bonds is 4. The fraction of sp³-hybridized carbons (Fsp3) is 0.476. The molecule has 2 fully saturated rings. The average Bonchev–Trinajstić information content (AvgIpc) is 3.06. The number of hydrogen-bond acceptors (Lipinski definition) is 6. The number of aromatic nitrogens is 2. The first kappa shape index (κ1) is 19.4. The van der Waals surface area contributed by atoms with Crippen LogP contribution in [0.25, 0.3) is 5.69 Å². The second-order valence-corrected chi connectivity index (χ2v) is 8.94. The monoisotopic (exact) mass is 397 g/mol. The summed E-state index contributed by atoms with van der Waals surface area (Å²) < 4.78 is 7.03. The van der Waals surface area contributed by atoms with Gasteiger partial charge in [0.2, 0.25) is 0 Å². The molecule has 0 spiro atoms. The molecular weight excluding hydrogens is 370 g/mol. The molecular formula is C21H27N5O3. The van der Waals surface area contributed by atoms with Crippen LogP contribution in [0.5, 0.6) is 0 Å². The van der Waals surface area contributed by atoms with E-state index in [-0.39, 0.29) is 29.2 Å². The van der Waals surface area contributed by atoms with Crippen molar-refractivity contribution in [3.8, 4) is 5.69 Å². The maximum absolute atomic E-state index is 12.0. The molecule has 1 aromatic carbocycles. The van der Waals surface area contributed by atoms with Crippen LogP contribution in [0.15, 0.2) is 41.3 Å². The fourth-order valence-electron chi connectivity index (χ4n) is 3.96. The Kier molecular flexibility index (Phi) is 4.82. The Morgan fingerprint density at radius 3 is 2.45 bits per heavy atom. The lowest BCUT2D eigenvalue weighted by Gasteiger charge is -2.22. The second-order valence-electron chi connectivity index (χ2n) is 8.94. The second kappa shape index (κ2) is 7.18. The highest BCUT2D eigenvalue weighted by atomic mass is 16.6. The number of fused-ring (bicyclic) bond motifs is 1. The summed E-state index contributed by atoms with van der Waals surface area (Å²) >= 11 is 0. The molecule has 2 unspecified atom stereocenters. The number of benzene rings is 1. The van der Waals surface area contributed by atoms with Crippen LogP contribution in [0.1, 0.15) is 26.3 Å². The normalized spacial score (nSPS) is 23.5. The number of carbonyl (C=O) groups is 1. The van der Waals surface area contributed by atoms with E-state index < -0.39 is 0 Å². The number of likely N-dealkylation sites (tertiary alicyclic amines) is 1. The van der Waals surface area contributed by atoms with Crippen molar-refractivity contribution in [2.45, 2.75) is 39.0 Å². The van der Waals surface area contributed by atoms with E-state index in [4.69, 9.17) is 10.5 Å². The van der Waals surface area contributed by atoms with Gasteiger partial charge in [0, 0.05) is 43.2 Å². The maximum Gasteiger partial charge on any atom is 0.407 e. The molecule has 8 heteroatoms. The van der Waals surface area contributed by atoms with Gasteiger partial charge in [0.05, 0.1) is 5.69 Å². The Bertz CT molecular complexity index is 952. The van der Waals surface area contributed by atoms with Gasteiger partial charge in [-0.15, -0.1) is 0 Å². The minimum absolute atomic E-state index is 0.0425. The van der Waals surface area contributed by atoms with Crippen LogP contribution in [-0.2, 0) is 11.3 Å². The topological polar surface area (TPSA) is 102 Å². The Balaban J connectivity index is 1.29. The van der Waals surface area contributed by atoms with Gasteiger partial charge < -0.3 is 15.8 Å². The quantitative estimate of drug-likeness (QED) is 0.815. The summed E-state index contributed by atoms with van der Waals surface area (Å²) in [7, 11) is 0. The predicted molar refractivity (Wildman–Crippen MR) is 110 cm³/mol. The number of piperidine rings is 1. The smallest absolute Gasteiger partial charge is 0.407 e. The van der Waals surface area contributed by atoms with Crippen LogP contribution in [0, 0.1) is 11.8 Å². The molecule has 1 amide bonds. The first-order valence-corrected chi connectivity index (χ1v) is 9.85. The number of nitrogen functional groups attached to an aromatic ring is 1. The number of hydrogen-bond donors (Lipinski definition) is 2. The fourth-order valence-corrected chi connectivity index (χ4v) is 3.96. The van der Waals surface area contributed by atoms with Gasteiger partial charge in [0.15, 0.2) is 0 Å². The van der Waals surface area contributed by atoms with Crippen molar-refractivity contribution < 1.29 is 9.53 Å². The van der Waals surface area contributed by atoms with Gasteiger partial charge in [-0.25, -0.2) is 9.59 Å². The molecule has 3 N–H and O–H groups in total. The van der Waals surface area contributed by atoms with Crippen molar-refractivity contribution in [3.63, 3.8) is 0 Å². The highest BCUT2D eigenvalue weighted by Crippen LogP contribution is 2.48. The highest BCUT2D eigenvalue weighted by molar-refractivity contribution is 5.68. The first-order chi connectivity index (χ1) is 13.7. The number of ether oxygens (including phenoxy) is 1. The van der Waals surface area contributed by atoms with Gasteiger partial charge in [-0.05, 0) is 44.5 Å². The molecule has 8 nitrogen and oxygen atoms in total. The van der Waals surface area contributed by atoms with Crippen molar-refractivity contribution in [1.29, 1.82) is 0 Å². The van der Waals surface area contributed by atoms with Gasteiger partial charge in [-0.1, -0.05) is 12.1 Å². The molecule has 2 atom stereocenters. The Morgan fingerprint density at radius 2 is 1.86 bits per heavy atom. The lowest BCUT2D eigenvalue weighted by molar-refractivity contribution is 0.107. The SMILES string of the molecule is CC(C)(C)NC(=O)OC1C2CN(Cc3ccc(-n4ccc(N)nc4=O)cc3)CC21. The molecule has 1 saturated heterocycles. The molecule has 1 aliphatic heterocycles. The molecule has 1 saturated carbocycles. The number of amides is 1. The summed E-state index contributed by atoms with van der Waals surface area (Å²) in [6.07, 6.45) is 1.34. The first-order valence-electron chi connectivity index (χ1n) is 9.85. The van der Waals surface area contributed by atoms with Gasteiger partial charge in [-0.2, -0.15) is 4.98 Å². The average molecular weight is 397 g/mol. The van der Waals surface area contributed by atoms with Gasteiger partial charge in [0.1, 0.15) is 11.9 Å². The van der Waals surface area contributed by atoms with Gasteiger partial charge in [0.25, 0.3) is 0 Å². The Labute approximate surface area is 169 Å². The summed E-state index contributed by atoms with van der Waals surface area (Å²) in [5.74, 6) is 1.08. The van der Waals surface area contributed by atoms with Crippen LogP contribution in [0.3, 0.4) is 0 Å². The molecule has 1 aromatic heterocycles. The van der Waals surface area contributed by atoms with E-state index in [0.29, 0.717) is 11.8 Å². The molecule has 154 valence electrons. The van der Waals surface area contributed by atoms with Crippen LogP contribution < -0.4 is 16.7 Å². The van der Waals surface area contributed by atoms with Gasteiger partial charge >= 0.3 is 11.8 Å². The van der Waals surface area contributed by atoms with E-state index in [2.05, 4.69) is 15.2 Å². The molecule has 2 aromatic rings. The summed E-state index contributed by atoms with van der Waals surface area (Å²) in [6, 6.07) is 9.47. The van der Waals surface area contributed by atoms with E-state index in [9.17, 15) is 9.59 Å². The maximum atomic E-state index is 12.0. The largest absolute Gasteiger partial charge is 0.446 e. The number of nitrogens with zero attached hydrogens (tertiary/aromatic N) is 3. The molecule has 2 aliphatic rings. The van der Waals surface area contributed by atoms with E-state index in [1.807, 2.05) is 45.0 Å². The van der Waals surface area contributed by atoms with Crippen molar-refractivity contribution in [2.75, 3.05) is 18.8 Å². The zero-order valence-corrected chi connectivity index (χ0v) is 17.0. The predicted octanol–water partition coefficient (Wildman–Crippen LogP) is 1.77. The van der Waals surface area contributed by atoms with E-state index in [1.54, 1.807) is 12.3 Å². The summed E-state index contributed by atoms with van der Waals surface area (Å²) in [5, 5.41) is 2.85. The van der Waals surface area contributed by atoms with E-state index >= 15 is 0 Å². The minimum Gasteiger partial charge on any atom is -0.446 e. The number of nitrogens with two attached hydrogens (primary N) is 1.